The lowest BCUT2D eigenvalue weighted by Crippen LogP contribution is -2.44. The molecule has 1 heterocycles. The van der Waals surface area contributed by atoms with Crippen molar-refractivity contribution in [2.24, 2.45) is 5.92 Å². The van der Waals surface area contributed by atoms with Gasteiger partial charge in [0, 0.05) is 0 Å². The Hall–Kier alpha value is -1.49. The molecule has 100 valence electrons. The molecule has 0 bridgehead atoms. The molecule has 18 heavy (non-hydrogen) atoms. The highest BCUT2D eigenvalue weighted by atomic mass is 35.5. The predicted octanol–water partition coefficient (Wildman–Crippen LogP) is 1.95. The molecule has 0 saturated heterocycles. The van der Waals surface area contributed by atoms with E-state index < -0.39 is 17.9 Å². The molecule has 5 nitrogen and oxygen atoms in total. The third kappa shape index (κ3) is 3.50. The van der Waals surface area contributed by atoms with Crippen molar-refractivity contribution in [3.8, 4) is 0 Å². The Balaban J connectivity index is 2.75. The number of nitrogens with one attached hydrogen (secondary N) is 1. The first-order valence-electron chi connectivity index (χ1n) is 5.53. The van der Waals surface area contributed by atoms with Crippen molar-refractivity contribution < 1.29 is 18.7 Å². The first kappa shape index (κ1) is 14.6. The van der Waals surface area contributed by atoms with Gasteiger partial charge in [-0.1, -0.05) is 13.8 Å². The monoisotopic (exact) mass is 273 g/mol. The van der Waals surface area contributed by atoms with Crippen LogP contribution in [0.4, 0.5) is 0 Å². The number of ether oxygens (including phenoxy) is 1. The number of furan rings is 1. The number of rotatable bonds is 5. The lowest BCUT2D eigenvalue weighted by atomic mass is 10.0. The van der Waals surface area contributed by atoms with Gasteiger partial charge in [-0.2, -0.15) is 0 Å². The van der Waals surface area contributed by atoms with Crippen molar-refractivity contribution >= 4 is 23.5 Å². The molecule has 1 aromatic rings. The smallest absolute Gasteiger partial charge is 0.328 e. The molecule has 0 radical (unpaired) electrons. The van der Waals surface area contributed by atoms with Crippen LogP contribution in [0.5, 0.6) is 0 Å². The zero-order chi connectivity index (χ0) is 13.7. The van der Waals surface area contributed by atoms with Gasteiger partial charge in [-0.3, -0.25) is 4.79 Å². The topological polar surface area (TPSA) is 68.5 Å². The predicted molar refractivity (Wildman–Crippen MR) is 66.4 cm³/mol. The number of carbonyl (C=O) groups is 2. The molecule has 0 saturated carbocycles. The lowest BCUT2D eigenvalue weighted by molar-refractivity contribution is -0.144. The highest BCUT2D eigenvalue weighted by Gasteiger charge is 2.26. The molecule has 1 unspecified atom stereocenters. The Morgan fingerprint density at radius 1 is 1.44 bits per heavy atom. The lowest BCUT2D eigenvalue weighted by Gasteiger charge is -2.18. The molecule has 0 fully saturated rings. The summed E-state index contributed by atoms with van der Waals surface area (Å²) in [6.07, 6.45) is 0. The van der Waals surface area contributed by atoms with Crippen LogP contribution in [0.1, 0.15) is 30.2 Å². The summed E-state index contributed by atoms with van der Waals surface area (Å²) in [7, 11) is 1.28. The maximum Gasteiger partial charge on any atom is 0.328 e. The number of carbonyl (C=O) groups excluding carboxylic acids is 2. The molecule has 0 aliphatic rings. The standard InChI is InChI=1S/C12H16ClNO4/c1-7(2)10(12(16)17-3)14-11(15)9-5-4-8(6-13)18-9/h4-5,7,10H,6H2,1-3H3,(H,14,15). The Bertz CT molecular complexity index is 427. The summed E-state index contributed by atoms with van der Waals surface area (Å²) >= 11 is 5.57. The molecule has 0 aliphatic heterocycles. The summed E-state index contributed by atoms with van der Waals surface area (Å²) in [6.45, 7) is 3.63. The molecule has 6 heteroatoms. The Morgan fingerprint density at radius 2 is 2.11 bits per heavy atom. The summed E-state index contributed by atoms with van der Waals surface area (Å²) in [5.41, 5.74) is 0. The fourth-order valence-electron chi connectivity index (χ4n) is 1.41. The van der Waals surface area contributed by atoms with Crippen LogP contribution in [0.2, 0.25) is 0 Å². The normalized spacial score (nSPS) is 12.3. The minimum atomic E-state index is -0.702. The Morgan fingerprint density at radius 3 is 2.56 bits per heavy atom. The summed E-state index contributed by atoms with van der Waals surface area (Å²) in [4.78, 5) is 23.3. The van der Waals surface area contributed by atoms with Gasteiger partial charge < -0.3 is 14.5 Å². The number of amides is 1. The minimum Gasteiger partial charge on any atom is -0.467 e. The maximum atomic E-state index is 11.9. The van der Waals surface area contributed by atoms with Crippen LogP contribution < -0.4 is 5.32 Å². The zero-order valence-corrected chi connectivity index (χ0v) is 11.3. The van der Waals surface area contributed by atoms with Gasteiger partial charge in [0.1, 0.15) is 11.8 Å². The van der Waals surface area contributed by atoms with E-state index in [2.05, 4.69) is 10.1 Å². The average molecular weight is 274 g/mol. The van der Waals surface area contributed by atoms with E-state index in [0.29, 0.717) is 5.76 Å². The van der Waals surface area contributed by atoms with Gasteiger partial charge in [0.05, 0.1) is 13.0 Å². The average Bonchev–Trinajstić information content (AvgIpc) is 2.83. The van der Waals surface area contributed by atoms with Gasteiger partial charge in [0.2, 0.25) is 0 Å². The molecule has 1 atom stereocenters. The molecule has 1 rings (SSSR count). The zero-order valence-electron chi connectivity index (χ0n) is 10.5. The highest BCUT2D eigenvalue weighted by Crippen LogP contribution is 2.11. The van der Waals surface area contributed by atoms with E-state index in [4.69, 9.17) is 16.0 Å². The van der Waals surface area contributed by atoms with E-state index in [1.807, 2.05) is 13.8 Å². The SMILES string of the molecule is COC(=O)C(NC(=O)c1ccc(CCl)o1)C(C)C. The van der Waals surface area contributed by atoms with E-state index in [1.165, 1.54) is 13.2 Å². The molecular formula is C12H16ClNO4. The van der Waals surface area contributed by atoms with Gasteiger partial charge >= 0.3 is 5.97 Å². The van der Waals surface area contributed by atoms with Crippen molar-refractivity contribution in [3.05, 3.63) is 23.7 Å². The van der Waals surface area contributed by atoms with Crippen LogP contribution in [-0.4, -0.2) is 25.0 Å². The quantitative estimate of drug-likeness (QED) is 0.658. The Kier molecular flexibility index (Phi) is 5.22. The number of methoxy groups -OCH3 is 1. The van der Waals surface area contributed by atoms with Gasteiger partial charge in [-0.25, -0.2) is 4.79 Å². The summed E-state index contributed by atoms with van der Waals surface area (Å²) < 4.78 is 9.82. The number of hydrogen-bond acceptors (Lipinski definition) is 4. The molecule has 0 aromatic carbocycles. The minimum absolute atomic E-state index is 0.0798. The van der Waals surface area contributed by atoms with Crippen LogP contribution >= 0.6 is 11.6 Å². The summed E-state index contributed by atoms with van der Waals surface area (Å²) in [5.74, 6) is -0.208. The van der Waals surface area contributed by atoms with E-state index in [9.17, 15) is 9.59 Å². The second-order valence-corrected chi connectivity index (χ2v) is 4.39. The molecular weight excluding hydrogens is 258 g/mol. The summed E-state index contributed by atoms with van der Waals surface area (Å²) in [5, 5.41) is 2.57. The van der Waals surface area contributed by atoms with Crippen LogP contribution in [0.3, 0.4) is 0 Å². The van der Waals surface area contributed by atoms with E-state index >= 15 is 0 Å². The first-order valence-corrected chi connectivity index (χ1v) is 6.06. The van der Waals surface area contributed by atoms with Crippen molar-refractivity contribution in [1.29, 1.82) is 0 Å². The molecule has 1 N–H and O–H groups in total. The van der Waals surface area contributed by atoms with E-state index in [0.717, 1.165) is 0 Å². The van der Waals surface area contributed by atoms with Crippen LogP contribution in [0.25, 0.3) is 0 Å². The van der Waals surface area contributed by atoms with Gasteiger partial charge in [-0.15, -0.1) is 11.6 Å². The number of halogens is 1. The first-order chi connectivity index (χ1) is 8.49. The molecule has 0 aliphatic carbocycles. The largest absolute Gasteiger partial charge is 0.467 e. The van der Waals surface area contributed by atoms with E-state index in [-0.39, 0.29) is 17.6 Å². The van der Waals surface area contributed by atoms with Crippen molar-refractivity contribution in [2.75, 3.05) is 7.11 Å². The van der Waals surface area contributed by atoms with Gasteiger partial charge in [0.15, 0.2) is 5.76 Å². The second-order valence-electron chi connectivity index (χ2n) is 4.12. The van der Waals surface area contributed by atoms with Crippen molar-refractivity contribution in [1.82, 2.24) is 5.32 Å². The Labute approximate surface area is 110 Å². The molecule has 1 amide bonds. The number of alkyl halides is 1. The van der Waals surface area contributed by atoms with Crippen molar-refractivity contribution in [3.63, 3.8) is 0 Å². The van der Waals surface area contributed by atoms with Crippen molar-refractivity contribution in [2.45, 2.75) is 25.8 Å². The number of hydrogen-bond donors (Lipinski definition) is 1. The van der Waals surface area contributed by atoms with Crippen LogP contribution in [0.15, 0.2) is 16.5 Å². The highest BCUT2D eigenvalue weighted by molar-refractivity contribution is 6.16. The summed E-state index contributed by atoms with van der Waals surface area (Å²) in [6, 6.07) is 2.43. The fourth-order valence-corrected chi connectivity index (χ4v) is 1.55. The van der Waals surface area contributed by atoms with Crippen LogP contribution in [0, 0.1) is 5.92 Å². The maximum absolute atomic E-state index is 11.9. The number of esters is 1. The molecule has 0 spiro atoms. The fraction of sp³-hybridized carbons (Fsp3) is 0.500. The molecule has 1 aromatic heterocycles. The third-order valence-corrected chi connectivity index (χ3v) is 2.69. The van der Waals surface area contributed by atoms with Gasteiger partial charge in [0.25, 0.3) is 5.91 Å². The third-order valence-electron chi connectivity index (χ3n) is 2.43. The second kappa shape index (κ2) is 6.44. The van der Waals surface area contributed by atoms with E-state index in [1.54, 1.807) is 6.07 Å². The van der Waals surface area contributed by atoms with Crippen LogP contribution in [-0.2, 0) is 15.4 Å². The van der Waals surface area contributed by atoms with Gasteiger partial charge in [-0.05, 0) is 18.1 Å².